The molecule has 3 N–H and O–H groups in total. The van der Waals surface area contributed by atoms with Gasteiger partial charge in [0.05, 0.1) is 35.8 Å². The number of nitrogens with one attached hydrogen (secondary N) is 1. The van der Waals surface area contributed by atoms with E-state index in [1.807, 2.05) is 11.6 Å². The minimum absolute atomic E-state index is 0.103. The Kier molecular flexibility index (Phi) is 4.58. The van der Waals surface area contributed by atoms with E-state index in [2.05, 4.69) is 39.5 Å². The normalized spacial score (nSPS) is 23.3. The van der Waals surface area contributed by atoms with Gasteiger partial charge < -0.3 is 20.7 Å². The molecule has 31 heavy (non-hydrogen) atoms. The second-order valence-electron chi connectivity index (χ2n) is 8.98. The van der Waals surface area contributed by atoms with Gasteiger partial charge in [-0.1, -0.05) is 6.92 Å². The number of carbonyl (C=O) groups is 1. The Morgan fingerprint density at radius 1 is 1.29 bits per heavy atom. The third kappa shape index (κ3) is 3.38. The predicted molar refractivity (Wildman–Crippen MR) is 117 cm³/mol. The van der Waals surface area contributed by atoms with E-state index in [0.717, 1.165) is 42.0 Å². The number of hydrogen-bond acceptors (Lipinski definition) is 7. The number of fused-ring (bicyclic) bond motifs is 2. The van der Waals surface area contributed by atoms with E-state index in [0.29, 0.717) is 18.8 Å². The van der Waals surface area contributed by atoms with Gasteiger partial charge in [0.2, 0.25) is 11.9 Å². The van der Waals surface area contributed by atoms with Crippen LogP contribution in [0, 0.1) is 5.41 Å². The topological polar surface area (TPSA) is 111 Å². The average Bonchev–Trinajstić information content (AvgIpc) is 3.13. The van der Waals surface area contributed by atoms with Gasteiger partial charge in [0, 0.05) is 19.3 Å². The number of methoxy groups -OCH3 is 1. The van der Waals surface area contributed by atoms with Crippen LogP contribution in [-0.2, 0) is 17.8 Å². The zero-order valence-electron chi connectivity index (χ0n) is 18.1. The molecule has 3 heterocycles. The van der Waals surface area contributed by atoms with Gasteiger partial charge in [-0.05, 0) is 49.6 Å². The van der Waals surface area contributed by atoms with Crippen molar-refractivity contribution in [3.63, 3.8) is 0 Å². The number of amides is 1. The SMILES string of the molecule is COc1cc2c(cc1Nc1ncc3cnn(C4CC(C)(C(N)=O)C4)c3n1)CN(C)CC2. The first-order valence-corrected chi connectivity index (χ1v) is 10.5. The summed E-state index contributed by atoms with van der Waals surface area (Å²) in [5.74, 6) is 0.993. The van der Waals surface area contributed by atoms with E-state index in [-0.39, 0.29) is 11.9 Å². The van der Waals surface area contributed by atoms with Crippen molar-refractivity contribution in [1.29, 1.82) is 0 Å². The van der Waals surface area contributed by atoms with Gasteiger partial charge in [0.15, 0.2) is 5.65 Å². The largest absolute Gasteiger partial charge is 0.495 e. The molecule has 2 aliphatic rings. The van der Waals surface area contributed by atoms with Crippen LogP contribution in [0.15, 0.2) is 24.5 Å². The third-order valence-corrected chi connectivity index (χ3v) is 6.62. The Hall–Kier alpha value is -3.20. The molecule has 1 aliphatic carbocycles. The van der Waals surface area contributed by atoms with Crippen molar-refractivity contribution in [3.8, 4) is 5.75 Å². The number of nitrogens with zero attached hydrogens (tertiary/aromatic N) is 5. The van der Waals surface area contributed by atoms with Crippen molar-refractivity contribution in [2.45, 2.75) is 38.8 Å². The summed E-state index contributed by atoms with van der Waals surface area (Å²) in [6, 6.07) is 4.33. The highest BCUT2D eigenvalue weighted by Crippen LogP contribution is 2.48. The van der Waals surface area contributed by atoms with Gasteiger partial charge in [0.1, 0.15) is 5.75 Å². The maximum Gasteiger partial charge on any atom is 0.229 e. The molecule has 1 aromatic carbocycles. The zero-order chi connectivity index (χ0) is 21.8. The average molecular weight is 422 g/mol. The lowest BCUT2D eigenvalue weighted by molar-refractivity contribution is -0.133. The van der Waals surface area contributed by atoms with Gasteiger partial charge in [-0.3, -0.25) is 4.79 Å². The molecule has 1 aliphatic heterocycles. The molecular formula is C22H27N7O2. The van der Waals surface area contributed by atoms with Crippen LogP contribution in [0.5, 0.6) is 5.75 Å². The fraction of sp³-hybridized carbons (Fsp3) is 0.455. The molecule has 1 fully saturated rings. The van der Waals surface area contributed by atoms with Gasteiger partial charge in [-0.15, -0.1) is 0 Å². The lowest BCUT2D eigenvalue weighted by atomic mass is 9.66. The van der Waals surface area contributed by atoms with E-state index < -0.39 is 5.41 Å². The van der Waals surface area contributed by atoms with Crippen LogP contribution >= 0.6 is 0 Å². The second kappa shape index (κ2) is 7.19. The summed E-state index contributed by atoms with van der Waals surface area (Å²) in [5, 5.41) is 8.68. The predicted octanol–water partition coefficient (Wildman–Crippen LogP) is 2.39. The van der Waals surface area contributed by atoms with Crippen LogP contribution in [0.1, 0.15) is 36.9 Å². The first-order chi connectivity index (χ1) is 14.9. The molecule has 0 bridgehead atoms. The first-order valence-electron chi connectivity index (χ1n) is 10.5. The van der Waals surface area contributed by atoms with E-state index in [4.69, 9.17) is 15.5 Å². The molecule has 0 saturated heterocycles. The van der Waals surface area contributed by atoms with Crippen molar-refractivity contribution < 1.29 is 9.53 Å². The standard InChI is InChI=1S/C22H27N7O2/c1-22(20(23)30)8-16(9-22)29-19-15(11-25-29)10-24-21(27-19)26-17-6-14-12-28(2)5-4-13(14)7-18(17)31-3/h6-7,10-11,16H,4-5,8-9,12H2,1-3H3,(H2,23,30)(H,24,26,27). The highest BCUT2D eigenvalue weighted by molar-refractivity contribution is 5.82. The van der Waals surface area contributed by atoms with Crippen molar-refractivity contribution in [2.24, 2.45) is 11.1 Å². The number of hydrogen-bond donors (Lipinski definition) is 2. The van der Waals surface area contributed by atoms with Gasteiger partial charge in [-0.25, -0.2) is 9.67 Å². The monoisotopic (exact) mass is 421 g/mol. The van der Waals surface area contributed by atoms with Crippen LogP contribution < -0.4 is 15.8 Å². The Morgan fingerprint density at radius 3 is 2.84 bits per heavy atom. The number of likely N-dealkylation sites (N-methyl/N-ethyl adjacent to an activating group) is 1. The quantitative estimate of drug-likeness (QED) is 0.651. The van der Waals surface area contributed by atoms with Crippen molar-refractivity contribution in [3.05, 3.63) is 35.7 Å². The maximum atomic E-state index is 11.7. The molecule has 0 radical (unpaired) electrons. The van der Waals surface area contributed by atoms with Crippen molar-refractivity contribution >= 4 is 28.6 Å². The molecule has 3 aromatic rings. The van der Waals surface area contributed by atoms with Gasteiger partial charge in [-0.2, -0.15) is 10.1 Å². The number of rotatable bonds is 5. The summed E-state index contributed by atoms with van der Waals surface area (Å²) in [5.41, 5.74) is 9.24. The molecule has 1 saturated carbocycles. The number of ether oxygens (including phenoxy) is 1. The summed E-state index contributed by atoms with van der Waals surface area (Å²) >= 11 is 0. The van der Waals surface area contributed by atoms with Gasteiger partial charge >= 0.3 is 0 Å². The Labute approximate surface area is 180 Å². The smallest absolute Gasteiger partial charge is 0.229 e. The molecule has 0 unspecified atom stereocenters. The van der Waals surface area contributed by atoms with E-state index in [1.165, 1.54) is 11.1 Å². The number of anilines is 2. The van der Waals surface area contributed by atoms with E-state index >= 15 is 0 Å². The number of carbonyl (C=O) groups excluding carboxylic acids is 1. The first kappa shape index (κ1) is 19.7. The molecule has 0 atom stereocenters. The number of primary amides is 1. The lowest BCUT2D eigenvalue weighted by Gasteiger charge is -2.42. The molecule has 162 valence electrons. The Bertz CT molecular complexity index is 1170. The highest BCUT2D eigenvalue weighted by Gasteiger charge is 2.46. The third-order valence-electron chi connectivity index (χ3n) is 6.62. The summed E-state index contributed by atoms with van der Waals surface area (Å²) in [6.45, 7) is 3.85. The molecule has 2 aromatic heterocycles. The number of nitrogens with two attached hydrogens (primary N) is 1. The fourth-order valence-electron chi connectivity index (χ4n) is 4.63. The molecule has 5 rings (SSSR count). The Morgan fingerprint density at radius 2 is 2.10 bits per heavy atom. The molecule has 9 nitrogen and oxygen atoms in total. The summed E-state index contributed by atoms with van der Waals surface area (Å²) < 4.78 is 7.50. The molecule has 0 spiro atoms. The fourth-order valence-corrected chi connectivity index (χ4v) is 4.63. The number of benzene rings is 1. The molecule has 9 heteroatoms. The summed E-state index contributed by atoms with van der Waals surface area (Å²) in [4.78, 5) is 23.2. The van der Waals surface area contributed by atoms with Crippen LogP contribution in [-0.4, -0.2) is 51.3 Å². The van der Waals surface area contributed by atoms with Crippen LogP contribution in [0.25, 0.3) is 11.0 Å². The highest BCUT2D eigenvalue weighted by atomic mass is 16.5. The number of aromatic nitrogens is 4. The minimum atomic E-state index is -0.472. The second-order valence-corrected chi connectivity index (χ2v) is 8.98. The molecular weight excluding hydrogens is 394 g/mol. The Balaban J connectivity index is 1.44. The van der Waals surface area contributed by atoms with E-state index in [1.54, 1.807) is 19.5 Å². The van der Waals surface area contributed by atoms with E-state index in [9.17, 15) is 4.79 Å². The summed E-state index contributed by atoms with van der Waals surface area (Å²) in [6.07, 6.45) is 5.86. The zero-order valence-corrected chi connectivity index (χ0v) is 18.1. The lowest BCUT2D eigenvalue weighted by Crippen LogP contribution is -2.46. The van der Waals surface area contributed by atoms with Crippen molar-refractivity contribution in [2.75, 3.05) is 26.0 Å². The van der Waals surface area contributed by atoms with Crippen LogP contribution in [0.2, 0.25) is 0 Å². The minimum Gasteiger partial charge on any atom is -0.495 e. The van der Waals surface area contributed by atoms with Gasteiger partial charge in [0.25, 0.3) is 0 Å². The van der Waals surface area contributed by atoms with Crippen molar-refractivity contribution in [1.82, 2.24) is 24.6 Å². The maximum absolute atomic E-state index is 11.7. The summed E-state index contributed by atoms with van der Waals surface area (Å²) in [7, 11) is 3.80. The molecule has 1 amide bonds. The van der Waals surface area contributed by atoms with Crippen LogP contribution in [0.4, 0.5) is 11.6 Å². The van der Waals surface area contributed by atoms with Crippen LogP contribution in [0.3, 0.4) is 0 Å².